The summed E-state index contributed by atoms with van der Waals surface area (Å²) in [6, 6.07) is 0.0755. The number of piperidine rings is 1. The summed E-state index contributed by atoms with van der Waals surface area (Å²) in [5.41, 5.74) is 0. The molecule has 4 nitrogen and oxygen atoms in total. The van der Waals surface area contributed by atoms with Gasteiger partial charge >= 0.3 is 6.03 Å². The quantitative estimate of drug-likeness (QED) is 0.822. The summed E-state index contributed by atoms with van der Waals surface area (Å²) in [6.45, 7) is 4.20. The summed E-state index contributed by atoms with van der Waals surface area (Å²) in [5, 5.41) is 13.2. The van der Waals surface area contributed by atoms with Gasteiger partial charge in [-0.05, 0) is 44.3 Å². The molecule has 104 valence electrons. The number of nitrogens with one attached hydrogen (secondary N) is 1. The molecule has 2 N–H and O–H groups in total. The Morgan fingerprint density at radius 3 is 2.72 bits per heavy atom. The number of amides is 2. The molecule has 0 aromatic heterocycles. The molecule has 0 bridgehead atoms. The minimum Gasteiger partial charge on any atom is -0.393 e. The predicted octanol–water partition coefficient (Wildman–Crippen LogP) is 1.68. The summed E-state index contributed by atoms with van der Waals surface area (Å²) >= 11 is 1.97. The normalized spacial score (nSPS) is 27.2. The van der Waals surface area contributed by atoms with Gasteiger partial charge in [0, 0.05) is 24.9 Å². The monoisotopic (exact) mass is 272 g/mol. The molecule has 5 heteroatoms. The third-order valence-corrected chi connectivity index (χ3v) is 5.41. The van der Waals surface area contributed by atoms with E-state index >= 15 is 0 Å². The van der Waals surface area contributed by atoms with Crippen LogP contribution < -0.4 is 5.32 Å². The number of likely N-dealkylation sites (tertiary alicyclic amines) is 1. The van der Waals surface area contributed by atoms with Crippen molar-refractivity contribution in [3.63, 3.8) is 0 Å². The second-order valence-corrected chi connectivity index (χ2v) is 6.79. The molecule has 2 atom stereocenters. The number of carbonyl (C=O) groups excluding carboxylic acids is 1. The van der Waals surface area contributed by atoms with E-state index in [0.29, 0.717) is 11.2 Å². The highest BCUT2D eigenvalue weighted by atomic mass is 32.2. The number of thioether (sulfide) groups is 1. The average molecular weight is 272 g/mol. The first-order valence-corrected chi connectivity index (χ1v) is 8.04. The fraction of sp³-hybridized carbons (Fsp3) is 0.923. The molecule has 2 aliphatic heterocycles. The molecule has 0 aliphatic carbocycles. The van der Waals surface area contributed by atoms with Crippen molar-refractivity contribution in [2.24, 2.45) is 5.92 Å². The maximum absolute atomic E-state index is 12.0. The van der Waals surface area contributed by atoms with Crippen molar-refractivity contribution in [2.75, 3.05) is 25.4 Å². The van der Waals surface area contributed by atoms with Crippen LogP contribution in [0.5, 0.6) is 0 Å². The van der Waals surface area contributed by atoms with Crippen LogP contribution in [0.15, 0.2) is 0 Å². The van der Waals surface area contributed by atoms with Crippen LogP contribution in [0.3, 0.4) is 0 Å². The minimum absolute atomic E-state index is 0.0755. The van der Waals surface area contributed by atoms with Crippen LogP contribution >= 0.6 is 11.8 Å². The number of rotatable bonds is 3. The number of urea groups is 1. The molecular formula is C13H24N2O2S. The van der Waals surface area contributed by atoms with Crippen molar-refractivity contribution in [2.45, 2.75) is 44.0 Å². The summed E-state index contributed by atoms with van der Waals surface area (Å²) in [4.78, 5) is 13.9. The average Bonchev–Trinajstić information content (AvgIpc) is 2.89. The number of aliphatic hydroxyl groups excluding tert-OH is 1. The van der Waals surface area contributed by atoms with Crippen LogP contribution in [-0.2, 0) is 0 Å². The lowest BCUT2D eigenvalue weighted by molar-refractivity contribution is 0.0799. The van der Waals surface area contributed by atoms with Crippen molar-refractivity contribution in [3.05, 3.63) is 0 Å². The Balaban J connectivity index is 1.67. The number of nitrogens with zero attached hydrogens (tertiary/aromatic N) is 1. The van der Waals surface area contributed by atoms with Crippen molar-refractivity contribution in [3.8, 4) is 0 Å². The first-order valence-electron chi connectivity index (χ1n) is 6.99. The van der Waals surface area contributed by atoms with Crippen LogP contribution in [0.1, 0.15) is 32.6 Å². The lowest BCUT2D eigenvalue weighted by atomic mass is 9.92. The van der Waals surface area contributed by atoms with Crippen LogP contribution in [-0.4, -0.2) is 52.8 Å². The number of hydrogen-bond acceptors (Lipinski definition) is 3. The molecule has 18 heavy (non-hydrogen) atoms. The van der Waals surface area contributed by atoms with Crippen molar-refractivity contribution >= 4 is 17.8 Å². The number of carbonyl (C=O) groups is 1. The van der Waals surface area contributed by atoms with Gasteiger partial charge in [-0.2, -0.15) is 11.8 Å². The highest BCUT2D eigenvalue weighted by Crippen LogP contribution is 2.25. The molecule has 2 fully saturated rings. The second kappa shape index (κ2) is 6.66. The summed E-state index contributed by atoms with van der Waals surface area (Å²) in [7, 11) is 0. The number of aliphatic hydroxyl groups is 1. The zero-order chi connectivity index (χ0) is 13.0. The van der Waals surface area contributed by atoms with Gasteiger partial charge in [0.05, 0.1) is 6.10 Å². The van der Waals surface area contributed by atoms with Crippen molar-refractivity contribution in [1.29, 1.82) is 0 Å². The van der Waals surface area contributed by atoms with E-state index in [-0.39, 0.29) is 12.1 Å². The Hall–Kier alpha value is -0.420. The zero-order valence-electron chi connectivity index (χ0n) is 11.1. The molecule has 0 saturated carbocycles. The lowest BCUT2D eigenvalue weighted by Crippen LogP contribution is -2.46. The van der Waals surface area contributed by atoms with E-state index < -0.39 is 0 Å². The predicted molar refractivity (Wildman–Crippen MR) is 74.9 cm³/mol. The molecule has 2 heterocycles. The molecule has 2 saturated heterocycles. The number of hydrogen-bond donors (Lipinski definition) is 2. The molecular weight excluding hydrogens is 248 g/mol. The van der Waals surface area contributed by atoms with Gasteiger partial charge in [0.25, 0.3) is 0 Å². The largest absolute Gasteiger partial charge is 0.393 e. The van der Waals surface area contributed by atoms with Crippen LogP contribution in [0.2, 0.25) is 0 Å². The lowest BCUT2D eigenvalue weighted by Gasteiger charge is -2.33. The van der Waals surface area contributed by atoms with E-state index in [1.165, 1.54) is 18.6 Å². The molecule has 0 aromatic rings. The molecule has 2 unspecified atom stereocenters. The topological polar surface area (TPSA) is 52.6 Å². The van der Waals surface area contributed by atoms with Gasteiger partial charge < -0.3 is 15.3 Å². The second-order valence-electron chi connectivity index (χ2n) is 5.39. The highest BCUT2D eigenvalue weighted by Gasteiger charge is 2.25. The van der Waals surface area contributed by atoms with Crippen molar-refractivity contribution < 1.29 is 9.90 Å². The van der Waals surface area contributed by atoms with E-state index in [1.54, 1.807) is 0 Å². The maximum atomic E-state index is 12.0. The Kier molecular flexibility index (Phi) is 5.18. The molecule has 0 spiro atoms. The van der Waals surface area contributed by atoms with Gasteiger partial charge in [-0.25, -0.2) is 4.79 Å². The van der Waals surface area contributed by atoms with E-state index in [0.717, 1.165) is 32.5 Å². The fourth-order valence-corrected chi connectivity index (χ4v) is 3.90. The van der Waals surface area contributed by atoms with Gasteiger partial charge in [0.1, 0.15) is 0 Å². The maximum Gasteiger partial charge on any atom is 0.317 e. The van der Waals surface area contributed by atoms with Gasteiger partial charge in [-0.1, -0.05) is 0 Å². The Morgan fingerprint density at radius 2 is 2.17 bits per heavy atom. The Morgan fingerprint density at radius 1 is 1.44 bits per heavy atom. The van der Waals surface area contributed by atoms with Crippen LogP contribution in [0, 0.1) is 5.92 Å². The van der Waals surface area contributed by atoms with E-state index in [1.807, 2.05) is 23.6 Å². The Labute approximate surface area is 113 Å². The molecule has 0 radical (unpaired) electrons. The van der Waals surface area contributed by atoms with Gasteiger partial charge in [-0.3, -0.25) is 0 Å². The Bertz CT molecular complexity index is 272. The zero-order valence-corrected chi connectivity index (χ0v) is 11.9. The van der Waals surface area contributed by atoms with Gasteiger partial charge in [0.15, 0.2) is 0 Å². The SMILES string of the molecule is CC(O)C1CCN(C(=O)NCC2CCCS2)CC1. The molecule has 2 rings (SSSR count). The standard InChI is InChI=1S/C13H24N2O2S/c1-10(16)11-4-6-15(7-5-11)13(17)14-9-12-3-2-8-18-12/h10-12,16H,2-9H2,1H3,(H,14,17). The molecule has 0 aromatic carbocycles. The van der Waals surface area contributed by atoms with Gasteiger partial charge in [0.2, 0.25) is 0 Å². The smallest absolute Gasteiger partial charge is 0.317 e. The fourth-order valence-electron chi connectivity index (χ4n) is 2.70. The van der Waals surface area contributed by atoms with Crippen molar-refractivity contribution in [1.82, 2.24) is 10.2 Å². The first kappa shape index (κ1) is 14.0. The van der Waals surface area contributed by atoms with E-state index in [9.17, 15) is 9.90 Å². The molecule has 2 amide bonds. The third kappa shape index (κ3) is 3.79. The van der Waals surface area contributed by atoms with Crippen LogP contribution in [0.4, 0.5) is 4.79 Å². The highest BCUT2D eigenvalue weighted by molar-refractivity contribution is 8.00. The summed E-state index contributed by atoms with van der Waals surface area (Å²) in [5.74, 6) is 1.60. The first-order chi connectivity index (χ1) is 8.66. The van der Waals surface area contributed by atoms with Gasteiger partial charge in [-0.15, -0.1) is 0 Å². The molecule has 2 aliphatic rings. The summed E-state index contributed by atoms with van der Waals surface area (Å²) < 4.78 is 0. The third-order valence-electron chi connectivity index (χ3n) is 4.01. The van der Waals surface area contributed by atoms with E-state index in [2.05, 4.69) is 5.32 Å². The van der Waals surface area contributed by atoms with E-state index in [4.69, 9.17) is 0 Å². The minimum atomic E-state index is -0.245. The van der Waals surface area contributed by atoms with Crippen LogP contribution in [0.25, 0.3) is 0 Å². The summed E-state index contributed by atoms with van der Waals surface area (Å²) in [6.07, 6.45) is 4.11.